The van der Waals surface area contributed by atoms with Crippen LogP contribution in [-0.4, -0.2) is 77.3 Å². The van der Waals surface area contributed by atoms with Gasteiger partial charge in [0, 0.05) is 38.3 Å². The molecule has 1 aromatic rings. The number of amides is 3. The van der Waals surface area contributed by atoms with Gasteiger partial charge in [-0.25, -0.2) is 14.0 Å². The fraction of sp³-hybridized carbons (Fsp3) is 0.724. The van der Waals surface area contributed by atoms with E-state index in [1.165, 1.54) is 6.07 Å². The van der Waals surface area contributed by atoms with Crippen LogP contribution in [0.25, 0.3) is 0 Å². The van der Waals surface area contributed by atoms with Crippen molar-refractivity contribution in [2.24, 2.45) is 11.8 Å². The lowest BCUT2D eigenvalue weighted by atomic mass is 9.74. The van der Waals surface area contributed by atoms with E-state index in [1.54, 1.807) is 31.1 Å². The van der Waals surface area contributed by atoms with E-state index in [-0.39, 0.29) is 29.5 Å². The van der Waals surface area contributed by atoms with Crippen molar-refractivity contribution in [3.63, 3.8) is 0 Å². The number of nitrogens with one attached hydrogen (secondary N) is 2. The number of carboxylic acid groups (broad SMARTS) is 1. The maximum Gasteiger partial charge on any atom is 0.404 e. The first-order valence-electron chi connectivity index (χ1n) is 14.5. The Kier molecular flexibility index (Phi) is 12.3. The normalized spacial score (nSPS) is 22.1. The number of carbonyl (C=O) groups is 2. The van der Waals surface area contributed by atoms with Crippen LogP contribution in [0.1, 0.15) is 76.7 Å². The van der Waals surface area contributed by atoms with Crippen LogP contribution in [0.5, 0.6) is 0 Å². The average molecular weight is 586 g/mol. The van der Waals surface area contributed by atoms with Crippen LogP contribution in [0.15, 0.2) is 18.2 Å². The maximum absolute atomic E-state index is 15.2. The van der Waals surface area contributed by atoms with E-state index < -0.39 is 47.6 Å². The molecule has 2 fully saturated rings. The number of hydrogen-bond acceptors (Lipinski definition) is 5. The maximum atomic E-state index is 15.2. The lowest BCUT2D eigenvalue weighted by Crippen LogP contribution is -2.58. The minimum Gasteiger partial charge on any atom is -0.465 e. The minimum absolute atomic E-state index is 0.000671. The molecular weight excluding hydrogens is 541 g/mol. The molecule has 1 heterocycles. The second kappa shape index (κ2) is 15.2. The summed E-state index contributed by atoms with van der Waals surface area (Å²) in [6.45, 7) is 2.83. The van der Waals surface area contributed by atoms with Gasteiger partial charge in [0.05, 0.1) is 28.8 Å². The second-order valence-corrected chi connectivity index (χ2v) is 11.8. The molecule has 1 aromatic carbocycles. The number of hydrogen-bond donors (Lipinski definition) is 5. The van der Waals surface area contributed by atoms with Crippen LogP contribution in [0.3, 0.4) is 0 Å². The van der Waals surface area contributed by atoms with Crippen molar-refractivity contribution in [1.82, 2.24) is 15.5 Å². The van der Waals surface area contributed by atoms with E-state index >= 15 is 4.39 Å². The van der Waals surface area contributed by atoms with Crippen LogP contribution >= 0.6 is 11.6 Å². The number of nitrogens with zero attached hydrogens (tertiary/aromatic N) is 1. The summed E-state index contributed by atoms with van der Waals surface area (Å²) in [5.41, 5.74) is -1.41. The van der Waals surface area contributed by atoms with Gasteiger partial charge in [-0.15, -0.1) is 0 Å². The molecule has 5 N–H and O–H groups in total. The fourth-order valence-electron chi connectivity index (χ4n) is 6.39. The largest absolute Gasteiger partial charge is 0.465 e. The molecule has 40 heavy (non-hydrogen) atoms. The van der Waals surface area contributed by atoms with Crippen molar-refractivity contribution in [2.45, 2.75) is 94.9 Å². The number of unbranched alkanes of at least 4 members (excludes halogenated alkanes) is 1. The van der Waals surface area contributed by atoms with Crippen LogP contribution < -0.4 is 10.6 Å². The lowest BCUT2D eigenvalue weighted by molar-refractivity contribution is -0.0589. The quantitative estimate of drug-likeness (QED) is 0.222. The van der Waals surface area contributed by atoms with E-state index in [0.29, 0.717) is 38.8 Å². The Morgan fingerprint density at radius 2 is 1.90 bits per heavy atom. The smallest absolute Gasteiger partial charge is 0.404 e. The second-order valence-electron chi connectivity index (χ2n) is 11.4. The summed E-state index contributed by atoms with van der Waals surface area (Å²) in [7, 11) is 1.60. The van der Waals surface area contributed by atoms with Crippen LogP contribution in [0.4, 0.5) is 14.0 Å². The standard InChI is InChI=1S/C29H45ClFN3O6/c1-19(26(35)25(33-28(37)38)20-10-4-3-5-11-20)32-27(36)34-16-9-12-21(18-34)29(39,15-6-7-17-40-2)22-13-8-14-23(30)24(22)31/h8,13-14,19-21,25-26,33,35,39H,3-7,9-12,15-18H2,1-2H3,(H,32,36)(H,37,38)/t19-,21?,25?,26?,29-/m0/s1. The highest BCUT2D eigenvalue weighted by Crippen LogP contribution is 2.42. The van der Waals surface area contributed by atoms with Crippen molar-refractivity contribution >= 4 is 23.7 Å². The van der Waals surface area contributed by atoms with Gasteiger partial charge >= 0.3 is 12.1 Å². The Labute approximate surface area is 241 Å². The van der Waals surface area contributed by atoms with E-state index in [4.69, 9.17) is 16.3 Å². The van der Waals surface area contributed by atoms with Gasteiger partial charge in [0.2, 0.25) is 0 Å². The lowest BCUT2D eigenvalue weighted by Gasteiger charge is -2.43. The molecule has 11 heteroatoms. The Bertz CT molecular complexity index is 981. The van der Waals surface area contributed by atoms with E-state index in [0.717, 1.165) is 32.1 Å². The van der Waals surface area contributed by atoms with Crippen LogP contribution in [-0.2, 0) is 10.3 Å². The molecule has 1 saturated heterocycles. The van der Waals surface area contributed by atoms with Gasteiger partial charge < -0.3 is 35.6 Å². The molecule has 0 radical (unpaired) electrons. The number of rotatable bonds is 12. The number of likely N-dealkylation sites (tertiary alicyclic amines) is 1. The van der Waals surface area contributed by atoms with Gasteiger partial charge in [0.1, 0.15) is 5.82 Å². The summed E-state index contributed by atoms with van der Waals surface area (Å²) in [6.07, 6.45) is 5.16. The van der Waals surface area contributed by atoms with Crippen LogP contribution in [0.2, 0.25) is 5.02 Å². The van der Waals surface area contributed by atoms with Crippen molar-refractivity contribution in [3.8, 4) is 0 Å². The molecule has 3 rings (SSSR count). The fourth-order valence-corrected chi connectivity index (χ4v) is 6.56. The third-order valence-corrected chi connectivity index (χ3v) is 8.93. The predicted octanol–water partition coefficient (Wildman–Crippen LogP) is 4.87. The molecule has 3 amide bonds. The molecule has 0 aromatic heterocycles. The molecule has 0 spiro atoms. The minimum atomic E-state index is -1.54. The van der Waals surface area contributed by atoms with Gasteiger partial charge in [0.25, 0.3) is 0 Å². The predicted molar refractivity (Wildman–Crippen MR) is 151 cm³/mol. The third kappa shape index (κ3) is 8.21. The van der Waals surface area contributed by atoms with Crippen molar-refractivity contribution in [1.29, 1.82) is 0 Å². The number of aliphatic hydroxyl groups excluding tert-OH is 1. The molecule has 226 valence electrons. The zero-order valence-corrected chi connectivity index (χ0v) is 24.3. The Morgan fingerprint density at radius 3 is 2.58 bits per heavy atom. The zero-order chi connectivity index (χ0) is 29.3. The molecular formula is C29H45ClFN3O6. The number of benzene rings is 1. The molecule has 0 bridgehead atoms. The topological polar surface area (TPSA) is 131 Å². The highest BCUT2D eigenvalue weighted by atomic mass is 35.5. The monoisotopic (exact) mass is 585 g/mol. The molecule has 9 nitrogen and oxygen atoms in total. The Morgan fingerprint density at radius 1 is 1.18 bits per heavy atom. The first kappa shape index (κ1) is 32.4. The van der Waals surface area contributed by atoms with Gasteiger partial charge in [-0.1, -0.05) is 43.0 Å². The van der Waals surface area contributed by atoms with Gasteiger partial charge in [-0.3, -0.25) is 0 Å². The van der Waals surface area contributed by atoms with Crippen molar-refractivity contribution in [3.05, 3.63) is 34.6 Å². The highest BCUT2D eigenvalue weighted by Gasteiger charge is 2.43. The van der Waals surface area contributed by atoms with E-state index in [1.807, 2.05) is 0 Å². The summed E-state index contributed by atoms with van der Waals surface area (Å²) in [6, 6.07) is 2.79. The van der Waals surface area contributed by atoms with Crippen LogP contribution in [0, 0.1) is 17.7 Å². The number of halogens is 2. The van der Waals surface area contributed by atoms with Gasteiger partial charge in [-0.2, -0.15) is 0 Å². The number of ether oxygens (including phenoxy) is 1. The van der Waals surface area contributed by atoms with E-state index in [2.05, 4.69) is 10.6 Å². The van der Waals surface area contributed by atoms with Gasteiger partial charge in [0.15, 0.2) is 0 Å². The first-order chi connectivity index (χ1) is 19.1. The first-order valence-corrected chi connectivity index (χ1v) is 14.8. The molecule has 3 unspecified atom stereocenters. The Hall–Kier alpha value is -2.14. The number of piperidine rings is 1. The average Bonchev–Trinajstić information content (AvgIpc) is 2.95. The summed E-state index contributed by atoms with van der Waals surface area (Å²) in [5.74, 6) is -1.10. The number of carbonyl (C=O) groups excluding carboxylic acids is 1. The molecule has 2 aliphatic rings. The number of methoxy groups -OCH3 is 1. The number of aliphatic hydroxyl groups is 2. The van der Waals surface area contributed by atoms with Gasteiger partial charge in [-0.05, 0) is 63.9 Å². The third-order valence-electron chi connectivity index (χ3n) is 8.64. The molecule has 1 aliphatic carbocycles. The van der Waals surface area contributed by atoms with E-state index in [9.17, 15) is 24.9 Å². The summed E-state index contributed by atoms with van der Waals surface area (Å²) in [4.78, 5) is 26.4. The summed E-state index contributed by atoms with van der Waals surface area (Å²) in [5, 5.41) is 37.7. The van der Waals surface area contributed by atoms with Crippen molar-refractivity contribution in [2.75, 3.05) is 26.8 Å². The zero-order valence-electron chi connectivity index (χ0n) is 23.6. The number of urea groups is 1. The molecule has 1 aliphatic heterocycles. The highest BCUT2D eigenvalue weighted by molar-refractivity contribution is 6.30. The SMILES string of the molecule is COCCCC[C@@](O)(c1cccc(Cl)c1F)C1CCCN(C(=O)N[C@@H](C)C(O)C(NC(=O)O)C2CCCCC2)C1. The molecule has 5 atom stereocenters. The van der Waals surface area contributed by atoms with Crippen molar-refractivity contribution < 1.29 is 34.0 Å². The summed E-state index contributed by atoms with van der Waals surface area (Å²) >= 11 is 6.08. The summed E-state index contributed by atoms with van der Waals surface area (Å²) < 4.78 is 20.3. The Balaban J connectivity index is 1.72. The molecule has 1 saturated carbocycles.